The van der Waals surface area contributed by atoms with Crippen molar-refractivity contribution in [1.29, 1.82) is 0 Å². The van der Waals surface area contributed by atoms with Gasteiger partial charge in [-0.15, -0.1) is 0 Å². The Bertz CT molecular complexity index is 1040. The van der Waals surface area contributed by atoms with Gasteiger partial charge in [0, 0.05) is 23.9 Å². The monoisotopic (exact) mass is 359 g/mol. The van der Waals surface area contributed by atoms with Crippen molar-refractivity contribution in [3.63, 3.8) is 0 Å². The molecule has 27 heavy (non-hydrogen) atoms. The molecule has 1 aliphatic heterocycles. The van der Waals surface area contributed by atoms with Crippen molar-refractivity contribution >= 4 is 11.6 Å². The molecular formula is C22H21N3O2. The van der Waals surface area contributed by atoms with Crippen molar-refractivity contribution < 1.29 is 4.79 Å². The molecule has 0 saturated carbocycles. The minimum absolute atomic E-state index is 0.0627. The van der Waals surface area contributed by atoms with Gasteiger partial charge in [-0.3, -0.25) is 9.59 Å². The van der Waals surface area contributed by atoms with Gasteiger partial charge in [0.2, 0.25) is 5.91 Å². The maximum atomic E-state index is 12.9. The Morgan fingerprint density at radius 1 is 1.07 bits per heavy atom. The van der Waals surface area contributed by atoms with Crippen LogP contribution in [0, 0.1) is 6.92 Å². The van der Waals surface area contributed by atoms with Crippen molar-refractivity contribution in [2.24, 2.45) is 0 Å². The van der Waals surface area contributed by atoms with E-state index in [1.165, 1.54) is 21.9 Å². The Morgan fingerprint density at radius 3 is 2.70 bits per heavy atom. The molecule has 4 rings (SSSR count). The highest BCUT2D eigenvalue weighted by Crippen LogP contribution is 2.28. The van der Waals surface area contributed by atoms with Crippen LogP contribution in [0.2, 0.25) is 0 Å². The third-order valence-electron chi connectivity index (χ3n) is 4.88. The molecule has 1 aliphatic rings. The molecule has 2 aromatic carbocycles. The lowest BCUT2D eigenvalue weighted by atomic mass is 9.99. The number of carbonyl (C=O) groups is 1. The lowest BCUT2D eigenvalue weighted by Gasteiger charge is -2.30. The summed E-state index contributed by atoms with van der Waals surface area (Å²) in [5, 5.41) is 4.40. The summed E-state index contributed by atoms with van der Waals surface area (Å²) in [4.78, 5) is 27.0. The van der Waals surface area contributed by atoms with Crippen LogP contribution >= 0.6 is 0 Å². The molecule has 0 fully saturated rings. The lowest BCUT2D eigenvalue weighted by molar-refractivity contribution is -0.119. The van der Waals surface area contributed by atoms with Crippen molar-refractivity contribution in [3.8, 4) is 11.3 Å². The average molecular weight is 359 g/mol. The number of benzene rings is 2. The molecule has 0 N–H and O–H groups in total. The second-order valence-corrected chi connectivity index (χ2v) is 6.86. The quantitative estimate of drug-likeness (QED) is 0.722. The van der Waals surface area contributed by atoms with Crippen LogP contribution in [0.25, 0.3) is 11.3 Å². The molecule has 0 unspecified atom stereocenters. The van der Waals surface area contributed by atoms with E-state index in [9.17, 15) is 9.59 Å². The molecule has 0 bridgehead atoms. The molecule has 3 aromatic rings. The van der Waals surface area contributed by atoms with E-state index in [1.54, 1.807) is 11.0 Å². The SMILES string of the molecule is Cc1ccc2c(c1)CCCN2C(=O)Cn1nc(-c2ccccc2)ccc1=O. The summed E-state index contributed by atoms with van der Waals surface area (Å²) in [5.74, 6) is -0.111. The van der Waals surface area contributed by atoms with Crippen molar-refractivity contribution in [3.05, 3.63) is 82.1 Å². The highest BCUT2D eigenvalue weighted by atomic mass is 16.2. The molecule has 0 radical (unpaired) electrons. The number of nitrogens with zero attached hydrogens (tertiary/aromatic N) is 3. The summed E-state index contributed by atoms with van der Waals surface area (Å²) < 4.78 is 1.26. The van der Waals surface area contributed by atoms with Gasteiger partial charge >= 0.3 is 0 Å². The summed E-state index contributed by atoms with van der Waals surface area (Å²) in [6, 6.07) is 18.9. The van der Waals surface area contributed by atoms with E-state index in [0.29, 0.717) is 12.2 Å². The summed E-state index contributed by atoms with van der Waals surface area (Å²) in [6.07, 6.45) is 1.90. The fourth-order valence-corrected chi connectivity index (χ4v) is 3.52. The first-order valence-corrected chi connectivity index (χ1v) is 9.15. The maximum Gasteiger partial charge on any atom is 0.267 e. The van der Waals surface area contributed by atoms with Gasteiger partial charge in [-0.1, -0.05) is 48.0 Å². The lowest BCUT2D eigenvalue weighted by Crippen LogP contribution is -2.40. The normalized spacial score (nSPS) is 13.3. The molecule has 5 nitrogen and oxygen atoms in total. The summed E-state index contributed by atoms with van der Waals surface area (Å²) in [5.41, 5.74) is 4.65. The molecule has 0 spiro atoms. The molecule has 0 aliphatic carbocycles. The number of aryl methyl sites for hydroxylation is 2. The van der Waals surface area contributed by atoms with E-state index in [-0.39, 0.29) is 18.0 Å². The number of carbonyl (C=O) groups excluding carboxylic acids is 1. The van der Waals surface area contributed by atoms with E-state index < -0.39 is 0 Å². The smallest absolute Gasteiger partial charge is 0.267 e. The van der Waals surface area contributed by atoms with Crippen LogP contribution in [0.1, 0.15) is 17.5 Å². The molecule has 1 amide bonds. The Balaban J connectivity index is 1.62. The van der Waals surface area contributed by atoms with Crippen molar-refractivity contribution in [2.45, 2.75) is 26.3 Å². The van der Waals surface area contributed by atoms with Crippen LogP contribution in [0.5, 0.6) is 0 Å². The molecule has 5 heteroatoms. The highest BCUT2D eigenvalue weighted by Gasteiger charge is 2.23. The fourth-order valence-electron chi connectivity index (χ4n) is 3.52. The van der Waals surface area contributed by atoms with Gasteiger partial charge in [-0.25, -0.2) is 4.68 Å². The van der Waals surface area contributed by atoms with Crippen LogP contribution in [0.4, 0.5) is 5.69 Å². The van der Waals surface area contributed by atoms with Crippen LogP contribution in [0.3, 0.4) is 0 Å². The first-order valence-electron chi connectivity index (χ1n) is 9.15. The number of anilines is 1. The Hall–Kier alpha value is -3.21. The van der Waals surface area contributed by atoms with Gasteiger partial charge < -0.3 is 4.90 Å². The Morgan fingerprint density at radius 2 is 1.89 bits per heavy atom. The number of amides is 1. The van der Waals surface area contributed by atoms with Crippen molar-refractivity contribution in [1.82, 2.24) is 9.78 Å². The van der Waals surface area contributed by atoms with E-state index in [1.807, 2.05) is 42.5 Å². The Kier molecular flexibility index (Phi) is 4.59. The fraction of sp³-hybridized carbons (Fsp3) is 0.227. The highest BCUT2D eigenvalue weighted by molar-refractivity contribution is 5.94. The number of aromatic nitrogens is 2. The van der Waals surface area contributed by atoms with Gasteiger partial charge in [-0.05, 0) is 37.5 Å². The third kappa shape index (κ3) is 3.53. The maximum absolute atomic E-state index is 12.9. The molecular weight excluding hydrogens is 338 g/mol. The number of fused-ring (bicyclic) bond motifs is 1. The zero-order chi connectivity index (χ0) is 18.8. The summed E-state index contributed by atoms with van der Waals surface area (Å²) >= 11 is 0. The minimum Gasteiger partial charge on any atom is -0.311 e. The third-order valence-corrected chi connectivity index (χ3v) is 4.88. The predicted octanol–water partition coefficient (Wildman–Crippen LogP) is 3.20. The largest absolute Gasteiger partial charge is 0.311 e. The van der Waals surface area contributed by atoms with Crippen LogP contribution < -0.4 is 10.5 Å². The van der Waals surface area contributed by atoms with Crippen LogP contribution in [-0.2, 0) is 17.8 Å². The minimum atomic E-state index is -0.274. The zero-order valence-electron chi connectivity index (χ0n) is 15.3. The number of hydrogen-bond donors (Lipinski definition) is 0. The van der Waals surface area contributed by atoms with E-state index >= 15 is 0 Å². The van der Waals surface area contributed by atoms with Crippen molar-refractivity contribution in [2.75, 3.05) is 11.4 Å². The average Bonchev–Trinajstić information content (AvgIpc) is 2.69. The number of rotatable bonds is 3. The van der Waals surface area contributed by atoms with Crippen LogP contribution in [-0.4, -0.2) is 22.2 Å². The van der Waals surface area contributed by atoms with Gasteiger partial charge in [0.1, 0.15) is 6.54 Å². The number of hydrogen-bond acceptors (Lipinski definition) is 3. The molecule has 0 saturated heterocycles. The van der Waals surface area contributed by atoms with Gasteiger partial charge in [0.15, 0.2) is 0 Å². The first-order chi connectivity index (χ1) is 13.1. The first kappa shape index (κ1) is 17.2. The summed E-state index contributed by atoms with van der Waals surface area (Å²) in [6.45, 7) is 2.66. The second kappa shape index (κ2) is 7.19. The van der Waals surface area contributed by atoms with E-state index in [4.69, 9.17) is 0 Å². The molecule has 1 aromatic heterocycles. The zero-order valence-corrected chi connectivity index (χ0v) is 15.3. The van der Waals surface area contributed by atoms with Gasteiger partial charge in [0.25, 0.3) is 5.56 Å². The van der Waals surface area contributed by atoms with E-state index in [2.05, 4.69) is 18.1 Å². The standard InChI is InChI=1S/C22H21N3O2/c1-16-9-11-20-18(14-16)8-5-13-24(20)22(27)15-25-21(26)12-10-19(23-25)17-6-3-2-4-7-17/h2-4,6-7,9-12,14H,5,8,13,15H2,1H3. The van der Waals surface area contributed by atoms with E-state index in [0.717, 1.165) is 24.1 Å². The predicted molar refractivity (Wildman–Crippen MR) is 106 cm³/mol. The van der Waals surface area contributed by atoms with Gasteiger partial charge in [0.05, 0.1) is 5.69 Å². The Labute approximate surface area is 157 Å². The van der Waals surface area contributed by atoms with Crippen LogP contribution in [0.15, 0.2) is 65.5 Å². The second-order valence-electron chi connectivity index (χ2n) is 6.86. The van der Waals surface area contributed by atoms with Gasteiger partial charge in [-0.2, -0.15) is 5.10 Å². The molecule has 0 atom stereocenters. The summed E-state index contributed by atoms with van der Waals surface area (Å²) in [7, 11) is 0. The topological polar surface area (TPSA) is 55.2 Å². The molecule has 136 valence electrons. The molecule has 2 heterocycles.